The van der Waals surface area contributed by atoms with Gasteiger partial charge in [-0.05, 0) is 51.2 Å². The maximum absolute atomic E-state index is 12.8. The molecule has 1 saturated heterocycles. The van der Waals surface area contributed by atoms with Gasteiger partial charge in [0.25, 0.3) is 5.91 Å². The van der Waals surface area contributed by atoms with Crippen molar-refractivity contribution in [1.29, 1.82) is 0 Å². The molecule has 116 valence electrons. The highest BCUT2D eigenvalue weighted by Crippen LogP contribution is 2.23. The molecule has 21 heavy (non-hydrogen) atoms. The van der Waals surface area contributed by atoms with Crippen LogP contribution in [0.5, 0.6) is 0 Å². The number of nitrogens with zero attached hydrogens (tertiary/aromatic N) is 1. The summed E-state index contributed by atoms with van der Waals surface area (Å²) in [5, 5.41) is 3.38. The highest BCUT2D eigenvalue weighted by Gasteiger charge is 2.22. The molecule has 1 N–H and O–H groups in total. The molecular formula is C18H28N2O. The Bertz CT molecular complexity index is 470. The van der Waals surface area contributed by atoms with E-state index in [4.69, 9.17) is 0 Å². The van der Waals surface area contributed by atoms with Crippen LogP contribution in [0.15, 0.2) is 24.3 Å². The van der Waals surface area contributed by atoms with Gasteiger partial charge in [0.15, 0.2) is 0 Å². The van der Waals surface area contributed by atoms with Gasteiger partial charge in [0.05, 0.1) is 5.56 Å². The van der Waals surface area contributed by atoms with Crippen LogP contribution in [0.4, 0.5) is 5.69 Å². The first-order valence-electron chi connectivity index (χ1n) is 8.26. The molecule has 1 aliphatic rings. The highest BCUT2D eigenvalue weighted by molar-refractivity contribution is 5.99. The first-order valence-corrected chi connectivity index (χ1v) is 8.26. The fourth-order valence-electron chi connectivity index (χ4n) is 3.05. The Morgan fingerprint density at radius 3 is 2.76 bits per heavy atom. The van der Waals surface area contributed by atoms with E-state index in [1.807, 2.05) is 29.2 Å². The summed E-state index contributed by atoms with van der Waals surface area (Å²) in [6.45, 7) is 8.24. The molecule has 0 aromatic heterocycles. The number of rotatable bonds is 4. The third kappa shape index (κ3) is 4.23. The molecule has 0 bridgehead atoms. The van der Waals surface area contributed by atoms with Crippen molar-refractivity contribution in [2.24, 2.45) is 5.92 Å². The zero-order valence-corrected chi connectivity index (χ0v) is 13.6. The summed E-state index contributed by atoms with van der Waals surface area (Å²) in [5.74, 6) is 0.960. The molecule has 1 aromatic carbocycles. The number of carbonyl (C=O) groups is 1. The van der Waals surface area contributed by atoms with Crippen LogP contribution >= 0.6 is 0 Å². The molecule has 0 radical (unpaired) electrons. The smallest absolute Gasteiger partial charge is 0.255 e. The standard InChI is InChI=1S/C18H28N2O/c1-4-15-8-7-12-20(13-11-15)18(21)16-9-5-6-10-17(16)19-14(2)3/h5-6,9-10,14-15,19H,4,7-8,11-13H2,1-3H3. The van der Waals surface area contributed by atoms with E-state index in [2.05, 4.69) is 26.1 Å². The molecule has 1 aromatic rings. The van der Waals surface area contributed by atoms with Crippen molar-refractivity contribution in [3.05, 3.63) is 29.8 Å². The van der Waals surface area contributed by atoms with Crippen LogP contribution in [0.2, 0.25) is 0 Å². The van der Waals surface area contributed by atoms with E-state index >= 15 is 0 Å². The van der Waals surface area contributed by atoms with Crippen molar-refractivity contribution in [2.45, 2.75) is 52.5 Å². The van der Waals surface area contributed by atoms with E-state index in [0.717, 1.165) is 43.1 Å². The zero-order chi connectivity index (χ0) is 15.2. The van der Waals surface area contributed by atoms with Gasteiger partial charge in [-0.1, -0.05) is 25.5 Å². The van der Waals surface area contributed by atoms with Crippen LogP contribution in [0.25, 0.3) is 0 Å². The highest BCUT2D eigenvalue weighted by atomic mass is 16.2. The van der Waals surface area contributed by atoms with Crippen molar-refractivity contribution in [3.63, 3.8) is 0 Å². The van der Waals surface area contributed by atoms with Crippen LogP contribution in [0.3, 0.4) is 0 Å². The molecule has 1 atom stereocenters. The number of likely N-dealkylation sites (tertiary alicyclic amines) is 1. The predicted octanol–water partition coefficient (Wildman–Crippen LogP) is 4.16. The Kier molecular flexibility index (Phi) is 5.66. The Morgan fingerprint density at radius 2 is 2.05 bits per heavy atom. The first kappa shape index (κ1) is 15.9. The molecule has 3 heteroatoms. The van der Waals surface area contributed by atoms with E-state index < -0.39 is 0 Å². The van der Waals surface area contributed by atoms with Gasteiger partial charge in [-0.2, -0.15) is 0 Å². The molecule has 1 unspecified atom stereocenters. The number of hydrogen-bond acceptors (Lipinski definition) is 2. The topological polar surface area (TPSA) is 32.3 Å². The number of nitrogens with one attached hydrogen (secondary N) is 1. The van der Waals surface area contributed by atoms with Gasteiger partial charge in [-0.25, -0.2) is 0 Å². The van der Waals surface area contributed by atoms with Gasteiger partial charge in [0, 0.05) is 24.8 Å². The summed E-state index contributed by atoms with van der Waals surface area (Å²) >= 11 is 0. The van der Waals surface area contributed by atoms with Gasteiger partial charge >= 0.3 is 0 Å². The Hall–Kier alpha value is -1.51. The SMILES string of the molecule is CCC1CCCN(C(=O)c2ccccc2NC(C)C)CC1. The summed E-state index contributed by atoms with van der Waals surface area (Å²) in [6, 6.07) is 8.20. The molecule has 0 spiro atoms. The van der Waals surface area contributed by atoms with E-state index in [9.17, 15) is 4.79 Å². The van der Waals surface area contributed by atoms with E-state index in [1.54, 1.807) is 0 Å². The van der Waals surface area contributed by atoms with E-state index in [-0.39, 0.29) is 5.91 Å². The number of amides is 1. The lowest BCUT2D eigenvalue weighted by atomic mass is 9.98. The van der Waals surface area contributed by atoms with E-state index in [0.29, 0.717) is 6.04 Å². The lowest BCUT2D eigenvalue weighted by Gasteiger charge is -2.23. The number of benzene rings is 1. The third-order valence-corrected chi connectivity index (χ3v) is 4.31. The lowest BCUT2D eigenvalue weighted by molar-refractivity contribution is 0.0761. The van der Waals surface area contributed by atoms with Crippen molar-refractivity contribution in [1.82, 2.24) is 4.90 Å². The predicted molar refractivity (Wildman–Crippen MR) is 88.7 cm³/mol. The van der Waals surface area contributed by atoms with Crippen LogP contribution in [-0.2, 0) is 0 Å². The molecule has 3 nitrogen and oxygen atoms in total. The summed E-state index contributed by atoms with van der Waals surface area (Å²) in [5.41, 5.74) is 1.76. The number of hydrogen-bond donors (Lipinski definition) is 1. The molecule has 2 rings (SSSR count). The largest absolute Gasteiger partial charge is 0.382 e. The first-order chi connectivity index (χ1) is 10.1. The Balaban J connectivity index is 2.12. The fraction of sp³-hybridized carbons (Fsp3) is 0.611. The normalized spacial score (nSPS) is 19.4. The van der Waals surface area contributed by atoms with Crippen molar-refractivity contribution < 1.29 is 4.79 Å². The van der Waals surface area contributed by atoms with Crippen LogP contribution < -0.4 is 5.32 Å². The summed E-state index contributed by atoms with van der Waals surface area (Å²) in [7, 11) is 0. The monoisotopic (exact) mass is 288 g/mol. The number of anilines is 1. The van der Waals surface area contributed by atoms with Gasteiger partial charge < -0.3 is 10.2 Å². The minimum atomic E-state index is 0.176. The minimum Gasteiger partial charge on any atom is -0.382 e. The Morgan fingerprint density at radius 1 is 1.29 bits per heavy atom. The summed E-state index contributed by atoms with van der Waals surface area (Å²) < 4.78 is 0. The number of para-hydroxylation sites is 1. The average molecular weight is 288 g/mol. The molecule has 1 heterocycles. The Labute approximate surface area is 128 Å². The zero-order valence-electron chi connectivity index (χ0n) is 13.6. The second-order valence-corrected chi connectivity index (χ2v) is 6.34. The quantitative estimate of drug-likeness (QED) is 0.902. The van der Waals surface area contributed by atoms with Crippen LogP contribution in [0.1, 0.15) is 56.8 Å². The van der Waals surface area contributed by atoms with Crippen molar-refractivity contribution in [3.8, 4) is 0 Å². The average Bonchev–Trinajstić information content (AvgIpc) is 2.72. The summed E-state index contributed by atoms with van der Waals surface area (Å²) in [6.07, 6.45) is 4.76. The molecule has 1 fully saturated rings. The number of carbonyl (C=O) groups excluding carboxylic acids is 1. The van der Waals surface area contributed by atoms with E-state index in [1.165, 1.54) is 12.8 Å². The van der Waals surface area contributed by atoms with Crippen LogP contribution in [0, 0.1) is 5.92 Å². The third-order valence-electron chi connectivity index (χ3n) is 4.31. The molecule has 0 aliphatic carbocycles. The lowest BCUT2D eigenvalue weighted by Crippen LogP contribution is -2.32. The molecular weight excluding hydrogens is 260 g/mol. The maximum atomic E-state index is 12.8. The van der Waals surface area contributed by atoms with Gasteiger partial charge in [-0.15, -0.1) is 0 Å². The fourth-order valence-corrected chi connectivity index (χ4v) is 3.05. The molecule has 0 saturated carbocycles. The summed E-state index contributed by atoms with van der Waals surface area (Å²) in [4.78, 5) is 14.9. The van der Waals surface area contributed by atoms with Crippen molar-refractivity contribution >= 4 is 11.6 Å². The van der Waals surface area contributed by atoms with Crippen molar-refractivity contribution in [2.75, 3.05) is 18.4 Å². The second kappa shape index (κ2) is 7.48. The van der Waals surface area contributed by atoms with Gasteiger partial charge in [0.2, 0.25) is 0 Å². The van der Waals surface area contributed by atoms with Crippen LogP contribution in [-0.4, -0.2) is 29.9 Å². The second-order valence-electron chi connectivity index (χ2n) is 6.34. The van der Waals surface area contributed by atoms with Gasteiger partial charge in [-0.3, -0.25) is 4.79 Å². The molecule has 1 aliphatic heterocycles. The molecule has 1 amide bonds. The minimum absolute atomic E-state index is 0.176. The van der Waals surface area contributed by atoms with Gasteiger partial charge in [0.1, 0.15) is 0 Å². The maximum Gasteiger partial charge on any atom is 0.255 e.